The van der Waals surface area contributed by atoms with E-state index >= 15 is 0 Å². The van der Waals surface area contributed by atoms with Gasteiger partial charge in [0, 0.05) is 45.1 Å². The van der Waals surface area contributed by atoms with Crippen molar-refractivity contribution in [2.24, 2.45) is 17.8 Å². The summed E-state index contributed by atoms with van der Waals surface area (Å²) in [7, 11) is 0. The lowest BCUT2D eigenvalue weighted by Gasteiger charge is -2.35. The Kier molecular flexibility index (Phi) is 5.45. The highest BCUT2D eigenvalue weighted by Crippen LogP contribution is 2.42. The zero-order valence-electron chi connectivity index (χ0n) is 16.3. The summed E-state index contributed by atoms with van der Waals surface area (Å²) in [4.78, 5) is 37.2. The van der Waals surface area contributed by atoms with Crippen LogP contribution >= 0.6 is 0 Å². The normalized spacial score (nSPS) is 27.0. The van der Waals surface area contributed by atoms with Crippen molar-refractivity contribution in [1.82, 2.24) is 25.5 Å². The fraction of sp³-hybridized carbons (Fsp3) is 0.600. The number of amides is 3. The monoisotopic (exact) mass is 384 g/mol. The van der Waals surface area contributed by atoms with Crippen LogP contribution in [0.2, 0.25) is 0 Å². The Bertz CT molecular complexity index is 731. The molecule has 150 valence electrons. The molecule has 0 radical (unpaired) electrons. The molecule has 4 atom stereocenters. The van der Waals surface area contributed by atoms with Crippen molar-refractivity contribution in [3.63, 3.8) is 0 Å². The number of anilines is 1. The number of urea groups is 1. The van der Waals surface area contributed by atoms with Crippen molar-refractivity contribution in [2.45, 2.75) is 25.8 Å². The molecule has 2 heterocycles. The minimum absolute atomic E-state index is 0.114. The molecule has 3 aliphatic rings. The highest BCUT2D eigenvalue weighted by molar-refractivity contribution is 5.86. The van der Waals surface area contributed by atoms with Gasteiger partial charge in [0.15, 0.2) is 0 Å². The summed E-state index contributed by atoms with van der Waals surface area (Å²) in [6.45, 7) is 4.94. The van der Waals surface area contributed by atoms with Crippen molar-refractivity contribution in [3.8, 4) is 0 Å². The molecule has 2 bridgehead atoms. The summed E-state index contributed by atoms with van der Waals surface area (Å²) in [5, 5.41) is 5.84. The first-order chi connectivity index (χ1) is 13.6. The van der Waals surface area contributed by atoms with Gasteiger partial charge in [0.1, 0.15) is 6.04 Å². The highest BCUT2D eigenvalue weighted by atomic mass is 16.2. The third-order valence-electron chi connectivity index (χ3n) is 6.09. The lowest BCUT2D eigenvalue weighted by atomic mass is 9.93. The molecule has 28 heavy (non-hydrogen) atoms. The summed E-state index contributed by atoms with van der Waals surface area (Å²) < 4.78 is 0. The molecule has 2 aliphatic carbocycles. The second-order valence-corrected chi connectivity index (χ2v) is 7.98. The fourth-order valence-corrected chi connectivity index (χ4v) is 4.42. The summed E-state index contributed by atoms with van der Waals surface area (Å²) in [5.41, 5.74) is 0. The van der Waals surface area contributed by atoms with Crippen molar-refractivity contribution in [2.75, 3.05) is 37.6 Å². The van der Waals surface area contributed by atoms with Crippen molar-refractivity contribution in [1.29, 1.82) is 0 Å². The van der Waals surface area contributed by atoms with Crippen molar-refractivity contribution in [3.05, 3.63) is 30.6 Å². The van der Waals surface area contributed by atoms with Crippen LogP contribution in [0, 0.1) is 17.8 Å². The van der Waals surface area contributed by atoms with Gasteiger partial charge >= 0.3 is 6.03 Å². The van der Waals surface area contributed by atoms with Gasteiger partial charge in [-0.3, -0.25) is 4.79 Å². The SMILES string of the molecule is C[C@H](NC(=O)N1CCN(c2ncccn2)CC1)C(=O)NC[C@@H]1C[C@@H]2C=C[C@H]1C2. The molecule has 2 fully saturated rings. The molecule has 1 saturated carbocycles. The molecular weight excluding hydrogens is 356 g/mol. The van der Waals surface area contributed by atoms with Crippen LogP contribution in [0.4, 0.5) is 10.7 Å². The predicted octanol–water partition coefficient (Wildman–Crippen LogP) is 1.03. The van der Waals surface area contributed by atoms with Gasteiger partial charge in [-0.25, -0.2) is 14.8 Å². The topological polar surface area (TPSA) is 90.5 Å². The lowest BCUT2D eigenvalue weighted by molar-refractivity contribution is -0.122. The molecular formula is C20H28N6O2. The minimum Gasteiger partial charge on any atom is -0.354 e. The molecule has 0 aromatic carbocycles. The standard InChI is InChI=1S/C20H28N6O2/c1-14(18(27)23-13-17-12-15-3-4-16(17)11-15)24-20(28)26-9-7-25(8-10-26)19-21-5-2-6-22-19/h2-6,14-17H,7-13H2,1H3,(H,23,27)(H,24,28)/t14-,15+,16-,17-/m0/s1. The minimum atomic E-state index is -0.544. The number of fused-ring (bicyclic) bond motifs is 2. The summed E-state index contributed by atoms with van der Waals surface area (Å²) >= 11 is 0. The average Bonchev–Trinajstić information content (AvgIpc) is 3.36. The number of carbonyl (C=O) groups is 2. The third-order valence-corrected chi connectivity index (χ3v) is 6.09. The van der Waals surface area contributed by atoms with E-state index in [0.717, 1.165) is 6.42 Å². The van der Waals surface area contributed by atoms with Crippen LogP contribution in [0.3, 0.4) is 0 Å². The van der Waals surface area contributed by atoms with Gasteiger partial charge < -0.3 is 20.4 Å². The quantitative estimate of drug-likeness (QED) is 0.740. The van der Waals surface area contributed by atoms with E-state index in [9.17, 15) is 9.59 Å². The van der Waals surface area contributed by atoms with E-state index in [0.29, 0.717) is 56.4 Å². The predicted molar refractivity (Wildman–Crippen MR) is 106 cm³/mol. The number of allylic oxidation sites excluding steroid dienone is 2. The first kappa shape index (κ1) is 18.7. The maximum atomic E-state index is 12.5. The number of rotatable bonds is 5. The van der Waals surface area contributed by atoms with Crippen LogP contribution in [-0.2, 0) is 4.79 Å². The van der Waals surface area contributed by atoms with Gasteiger partial charge in [-0.2, -0.15) is 0 Å². The smallest absolute Gasteiger partial charge is 0.318 e. The van der Waals surface area contributed by atoms with Crippen LogP contribution < -0.4 is 15.5 Å². The Morgan fingerprint density at radius 3 is 2.54 bits per heavy atom. The largest absolute Gasteiger partial charge is 0.354 e. The molecule has 3 amide bonds. The Morgan fingerprint density at radius 1 is 1.14 bits per heavy atom. The van der Waals surface area contributed by atoms with Crippen molar-refractivity contribution >= 4 is 17.9 Å². The van der Waals surface area contributed by atoms with Crippen LogP contribution in [0.15, 0.2) is 30.6 Å². The Balaban J connectivity index is 1.19. The Labute approximate surface area is 165 Å². The number of aromatic nitrogens is 2. The fourth-order valence-electron chi connectivity index (χ4n) is 4.42. The Hall–Kier alpha value is -2.64. The molecule has 8 nitrogen and oxygen atoms in total. The average molecular weight is 384 g/mol. The number of hydrogen-bond donors (Lipinski definition) is 2. The van der Waals surface area contributed by atoms with Gasteiger partial charge in [0.2, 0.25) is 11.9 Å². The summed E-state index contributed by atoms with van der Waals surface area (Å²) in [6, 6.07) is 1.05. The number of piperazine rings is 1. The van der Waals surface area contributed by atoms with E-state index < -0.39 is 6.04 Å². The van der Waals surface area contributed by atoms with Crippen LogP contribution in [0.1, 0.15) is 19.8 Å². The zero-order valence-corrected chi connectivity index (χ0v) is 16.3. The molecule has 2 N–H and O–H groups in total. The van der Waals surface area contributed by atoms with Crippen LogP contribution in [-0.4, -0.2) is 65.6 Å². The third kappa shape index (κ3) is 4.10. The number of hydrogen-bond acceptors (Lipinski definition) is 5. The van der Waals surface area contributed by atoms with Crippen LogP contribution in [0.5, 0.6) is 0 Å². The van der Waals surface area contributed by atoms with E-state index in [1.165, 1.54) is 6.42 Å². The molecule has 0 spiro atoms. The molecule has 1 saturated heterocycles. The second kappa shape index (κ2) is 8.16. The molecule has 1 aromatic heterocycles. The maximum Gasteiger partial charge on any atom is 0.318 e. The van der Waals surface area contributed by atoms with E-state index in [1.54, 1.807) is 30.3 Å². The number of carbonyl (C=O) groups excluding carboxylic acids is 2. The number of nitrogens with one attached hydrogen (secondary N) is 2. The van der Waals surface area contributed by atoms with Gasteiger partial charge in [-0.1, -0.05) is 12.2 Å². The van der Waals surface area contributed by atoms with E-state index in [1.807, 2.05) is 0 Å². The van der Waals surface area contributed by atoms with Gasteiger partial charge in [-0.05, 0) is 43.6 Å². The van der Waals surface area contributed by atoms with Crippen LogP contribution in [0.25, 0.3) is 0 Å². The zero-order chi connectivity index (χ0) is 19.5. The number of nitrogens with zero attached hydrogens (tertiary/aromatic N) is 4. The first-order valence-electron chi connectivity index (χ1n) is 10.1. The van der Waals surface area contributed by atoms with E-state index in [-0.39, 0.29) is 11.9 Å². The van der Waals surface area contributed by atoms with Gasteiger partial charge in [0.25, 0.3) is 0 Å². The Morgan fingerprint density at radius 2 is 1.89 bits per heavy atom. The van der Waals surface area contributed by atoms with Gasteiger partial charge in [-0.15, -0.1) is 0 Å². The van der Waals surface area contributed by atoms with E-state index in [4.69, 9.17) is 0 Å². The van der Waals surface area contributed by atoms with Crippen molar-refractivity contribution < 1.29 is 9.59 Å². The second-order valence-electron chi connectivity index (χ2n) is 7.98. The molecule has 1 aromatic rings. The molecule has 0 unspecified atom stereocenters. The molecule has 8 heteroatoms. The maximum absolute atomic E-state index is 12.5. The van der Waals surface area contributed by atoms with Gasteiger partial charge in [0.05, 0.1) is 0 Å². The van der Waals surface area contributed by atoms with E-state index in [2.05, 4.69) is 37.7 Å². The molecule has 1 aliphatic heterocycles. The molecule has 4 rings (SSSR count). The highest BCUT2D eigenvalue weighted by Gasteiger charge is 2.35. The summed E-state index contributed by atoms with van der Waals surface area (Å²) in [5.74, 6) is 2.42. The summed E-state index contributed by atoms with van der Waals surface area (Å²) in [6.07, 6.45) is 10.4. The first-order valence-corrected chi connectivity index (χ1v) is 10.1. The lowest BCUT2D eigenvalue weighted by Crippen LogP contribution is -2.55.